The van der Waals surface area contributed by atoms with Crippen molar-refractivity contribution in [1.29, 1.82) is 0 Å². The summed E-state index contributed by atoms with van der Waals surface area (Å²) < 4.78 is 77.7. The van der Waals surface area contributed by atoms with Crippen molar-refractivity contribution < 1.29 is 45.0 Å². The van der Waals surface area contributed by atoms with Gasteiger partial charge in [0.25, 0.3) is 20.2 Å². The van der Waals surface area contributed by atoms with Gasteiger partial charge in [0.05, 0.1) is 28.0 Å². The van der Waals surface area contributed by atoms with Crippen LogP contribution >= 0.6 is 12.0 Å². The average molecular weight is 679 g/mol. The Morgan fingerprint density at radius 1 is 0.739 bits per heavy atom. The van der Waals surface area contributed by atoms with E-state index in [2.05, 4.69) is 19.7 Å². The van der Waals surface area contributed by atoms with Gasteiger partial charge in [-0.1, -0.05) is 23.2 Å². The Labute approximate surface area is 266 Å². The van der Waals surface area contributed by atoms with Crippen LogP contribution in [0.25, 0.3) is 33.4 Å². The topological polar surface area (TPSA) is 185 Å². The van der Waals surface area contributed by atoms with Crippen LogP contribution in [0.15, 0.2) is 133 Å². The van der Waals surface area contributed by atoms with Crippen LogP contribution in [-0.2, 0) is 29.6 Å². The van der Waals surface area contributed by atoms with E-state index in [1.165, 1.54) is 36.4 Å². The molecular formula is C31H22N2O10S3. The van der Waals surface area contributed by atoms with Crippen molar-refractivity contribution in [2.45, 2.75) is 14.7 Å². The van der Waals surface area contributed by atoms with E-state index in [0.29, 0.717) is 49.5 Å². The number of rotatable bonds is 9. The zero-order chi connectivity index (χ0) is 32.5. The van der Waals surface area contributed by atoms with Gasteiger partial charge in [0.15, 0.2) is 0 Å². The summed E-state index contributed by atoms with van der Waals surface area (Å²) in [6.45, 7) is 0. The van der Waals surface area contributed by atoms with Crippen molar-refractivity contribution in [2.24, 2.45) is 4.99 Å². The summed E-state index contributed by atoms with van der Waals surface area (Å²) in [5.41, 5.74) is 3.51. The lowest BCUT2D eigenvalue weighted by atomic mass is 9.93. The van der Waals surface area contributed by atoms with Crippen molar-refractivity contribution in [1.82, 2.24) is 0 Å². The zero-order valence-corrected chi connectivity index (χ0v) is 25.7. The summed E-state index contributed by atoms with van der Waals surface area (Å²) >= 11 is 0.826. The second kappa shape index (κ2) is 12.7. The Kier molecular flexibility index (Phi) is 8.65. The van der Waals surface area contributed by atoms with Crippen LogP contribution in [0.4, 0.5) is 17.1 Å². The van der Waals surface area contributed by atoms with Crippen LogP contribution in [0.1, 0.15) is 0 Å². The maximum Gasteiger partial charge on any atom is 0.295 e. The van der Waals surface area contributed by atoms with Crippen molar-refractivity contribution >= 4 is 60.3 Å². The number of anilines is 2. The van der Waals surface area contributed by atoms with E-state index in [9.17, 15) is 25.9 Å². The Hall–Kier alpha value is -4.58. The fraction of sp³-hybridized carbons (Fsp3) is 0. The first-order chi connectivity index (χ1) is 22.0. The molecule has 1 heterocycles. The number of hydrogen-bond acceptors (Lipinski definition) is 11. The van der Waals surface area contributed by atoms with Gasteiger partial charge in [-0.2, -0.15) is 16.8 Å². The second-order valence-electron chi connectivity index (χ2n) is 9.80. The molecule has 6 rings (SSSR count). The second-order valence-corrected chi connectivity index (χ2v) is 13.4. The van der Waals surface area contributed by atoms with Crippen LogP contribution in [0, 0.1) is 0 Å². The van der Waals surface area contributed by atoms with E-state index in [-0.39, 0.29) is 15.4 Å². The molecule has 0 atom stereocenters. The summed E-state index contributed by atoms with van der Waals surface area (Å²) in [5.74, 6) is 0.355. The minimum atomic E-state index is -4.59. The highest BCUT2D eigenvalue weighted by Crippen LogP contribution is 2.43. The summed E-state index contributed by atoms with van der Waals surface area (Å²) in [6, 6.07) is 28.9. The van der Waals surface area contributed by atoms with E-state index in [1.807, 2.05) is 0 Å². The molecule has 15 heteroatoms. The van der Waals surface area contributed by atoms with Crippen molar-refractivity contribution in [3.63, 3.8) is 0 Å². The summed E-state index contributed by atoms with van der Waals surface area (Å²) in [5, 5.41) is 16.3. The molecule has 46 heavy (non-hydrogen) atoms. The van der Waals surface area contributed by atoms with Crippen LogP contribution < -0.4 is 10.7 Å². The van der Waals surface area contributed by atoms with Crippen LogP contribution in [0.3, 0.4) is 0 Å². The number of fused-ring (bicyclic) bond motifs is 2. The lowest BCUT2D eigenvalue weighted by Gasteiger charge is -2.18. The minimum Gasteiger partial charge on any atom is -0.456 e. The van der Waals surface area contributed by atoms with E-state index < -0.39 is 20.2 Å². The highest BCUT2D eigenvalue weighted by Gasteiger charge is 2.23. The van der Waals surface area contributed by atoms with Crippen molar-refractivity contribution in [3.8, 4) is 22.5 Å². The van der Waals surface area contributed by atoms with Gasteiger partial charge in [0.1, 0.15) is 16.2 Å². The third-order valence-corrected chi connectivity index (χ3v) is 9.21. The standard InChI is InChI=1S/C31H22N2O10S3/c34-42-43-44-23-11-5-19(6-12-23)32-21-9-15-25-28(17-21)41-29-18-22(33-20-7-13-24(14-8-20)45(35,36)37)10-16-26(29)31(25)27-3-1-2-4-30(27)46(38,39)40/h1-18,32,34H,(H,35,36,37)(H,38,39,40). The molecule has 0 amide bonds. The summed E-state index contributed by atoms with van der Waals surface area (Å²) in [4.78, 5) is 4.68. The molecule has 0 unspecified atom stereocenters. The molecule has 0 fully saturated rings. The van der Waals surface area contributed by atoms with Gasteiger partial charge in [0.2, 0.25) is 0 Å². The monoisotopic (exact) mass is 678 g/mol. The highest BCUT2D eigenvalue weighted by molar-refractivity contribution is 7.94. The van der Waals surface area contributed by atoms with Gasteiger partial charge in [-0.05, 0) is 78.9 Å². The van der Waals surface area contributed by atoms with Gasteiger partial charge in [-0.3, -0.25) is 9.11 Å². The average Bonchev–Trinajstić information content (AvgIpc) is 3.02. The normalized spacial score (nSPS) is 12.5. The first-order valence-electron chi connectivity index (χ1n) is 13.2. The number of nitrogens with one attached hydrogen (secondary N) is 1. The quantitative estimate of drug-likeness (QED) is 0.0400. The third-order valence-electron chi connectivity index (χ3n) is 6.84. The SMILES string of the molecule is O=S(=O)(O)c1ccc(N=c2ccc3c(-c4ccccc4S(=O)(=O)O)c4ccc(Nc5ccc(SOOO)cc5)cc4oc-3c2)cc1. The van der Waals surface area contributed by atoms with E-state index in [4.69, 9.17) is 9.67 Å². The Morgan fingerprint density at radius 2 is 1.46 bits per heavy atom. The molecule has 0 aromatic heterocycles. The molecule has 12 nitrogen and oxygen atoms in total. The lowest BCUT2D eigenvalue weighted by molar-refractivity contribution is -0.432. The van der Waals surface area contributed by atoms with Gasteiger partial charge in [0, 0.05) is 50.5 Å². The maximum atomic E-state index is 12.4. The Bertz CT molecular complexity index is 2320. The Morgan fingerprint density at radius 3 is 2.15 bits per heavy atom. The molecule has 0 spiro atoms. The van der Waals surface area contributed by atoms with Crippen LogP contribution in [-0.4, -0.2) is 31.2 Å². The largest absolute Gasteiger partial charge is 0.456 e. The van der Waals surface area contributed by atoms with Gasteiger partial charge in [-0.25, -0.2) is 10.2 Å². The number of benzene rings is 5. The first-order valence-corrected chi connectivity index (χ1v) is 16.8. The van der Waals surface area contributed by atoms with Crippen molar-refractivity contribution in [2.75, 3.05) is 5.32 Å². The molecule has 0 saturated carbocycles. The fourth-order valence-electron chi connectivity index (χ4n) is 4.87. The predicted octanol–water partition coefficient (Wildman–Crippen LogP) is 7.10. The predicted molar refractivity (Wildman–Crippen MR) is 170 cm³/mol. The van der Waals surface area contributed by atoms with Crippen LogP contribution in [0.5, 0.6) is 0 Å². The van der Waals surface area contributed by atoms with E-state index in [0.717, 1.165) is 17.7 Å². The molecule has 1 aliphatic carbocycles. The molecule has 4 aromatic rings. The highest BCUT2D eigenvalue weighted by atomic mass is 32.2. The summed E-state index contributed by atoms with van der Waals surface area (Å²) in [7, 11) is -8.95. The lowest BCUT2D eigenvalue weighted by Crippen LogP contribution is -2.05. The van der Waals surface area contributed by atoms with Gasteiger partial charge < -0.3 is 9.73 Å². The van der Waals surface area contributed by atoms with E-state index in [1.54, 1.807) is 72.8 Å². The molecular weight excluding hydrogens is 657 g/mol. The molecule has 4 aromatic carbocycles. The molecule has 2 aliphatic rings. The molecule has 0 radical (unpaired) electrons. The molecule has 4 N–H and O–H groups in total. The maximum absolute atomic E-state index is 12.4. The van der Waals surface area contributed by atoms with Gasteiger partial charge in [-0.15, -0.1) is 4.33 Å². The molecule has 0 bridgehead atoms. The molecule has 1 aliphatic heterocycles. The zero-order valence-electron chi connectivity index (χ0n) is 23.3. The number of nitrogens with zero attached hydrogens (tertiary/aromatic N) is 1. The molecule has 234 valence electrons. The van der Waals surface area contributed by atoms with E-state index >= 15 is 0 Å². The minimum absolute atomic E-state index is 0.266. The van der Waals surface area contributed by atoms with Gasteiger partial charge >= 0.3 is 0 Å². The number of hydrogen-bond donors (Lipinski definition) is 4. The first kappa shape index (κ1) is 31.4. The Balaban J connectivity index is 1.50. The fourth-order valence-corrected chi connectivity index (χ4v) is 6.41. The van der Waals surface area contributed by atoms with Crippen LogP contribution in [0.2, 0.25) is 0 Å². The third kappa shape index (κ3) is 6.81. The van der Waals surface area contributed by atoms with Crippen molar-refractivity contribution in [3.05, 3.63) is 115 Å². The summed E-state index contributed by atoms with van der Waals surface area (Å²) in [6.07, 6.45) is 0. The smallest absolute Gasteiger partial charge is 0.295 e. The molecule has 0 saturated heterocycles.